The van der Waals surface area contributed by atoms with Crippen LogP contribution in [-0.2, 0) is 0 Å². The molecule has 1 heterocycles. The summed E-state index contributed by atoms with van der Waals surface area (Å²) in [5.41, 5.74) is 4.77. The van der Waals surface area contributed by atoms with Crippen LogP contribution < -0.4 is 10.1 Å². The Labute approximate surface area is 191 Å². The molecule has 0 amide bonds. The van der Waals surface area contributed by atoms with Crippen molar-refractivity contribution in [3.8, 4) is 22.6 Å². The molecule has 7 heteroatoms. The van der Waals surface area contributed by atoms with Crippen LogP contribution in [0.4, 0.5) is 11.5 Å². The van der Waals surface area contributed by atoms with Gasteiger partial charge in [-0.2, -0.15) is 5.10 Å². The number of para-hydroxylation sites is 1. The Morgan fingerprint density at radius 1 is 1.06 bits per heavy atom. The lowest BCUT2D eigenvalue weighted by Crippen LogP contribution is -2.08. The van der Waals surface area contributed by atoms with E-state index < -0.39 is 5.97 Å². The zero-order valence-electron chi connectivity index (χ0n) is 17.9. The van der Waals surface area contributed by atoms with E-state index in [-0.39, 0.29) is 5.56 Å². The predicted octanol–water partition coefficient (Wildman–Crippen LogP) is 6.26. The Balaban J connectivity index is 1.97. The van der Waals surface area contributed by atoms with E-state index in [0.717, 1.165) is 28.1 Å². The van der Waals surface area contributed by atoms with Crippen LogP contribution in [0, 0.1) is 13.8 Å². The SMILES string of the molecule is COc1ccc(Nc2c(-c3ccccc3Cl)c(C)nn2-c2ccccc2C)c(C(=O)O)c1. The van der Waals surface area contributed by atoms with Gasteiger partial charge in [-0.3, -0.25) is 0 Å². The number of aromatic carboxylic acids is 1. The normalized spacial score (nSPS) is 10.8. The maximum absolute atomic E-state index is 12.0. The number of nitrogens with zero attached hydrogens (tertiary/aromatic N) is 2. The van der Waals surface area contributed by atoms with Gasteiger partial charge in [-0.25, -0.2) is 9.48 Å². The highest BCUT2D eigenvalue weighted by molar-refractivity contribution is 6.33. The fraction of sp³-hybridized carbons (Fsp3) is 0.120. The van der Waals surface area contributed by atoms with Gasteiger partial charge in [0.1, 0.15) is 11.6 Å². The lowest BCUT2D eigenvalue weighted by Gasteiger charge is -2.16. The molecule has 32 heavy (non-hydrogen) atoms. The summed E-state index contributed by atoms with van der Waals surface area (Å²) in [6.07, 6.45) is 0. The summed E-state index contributed by atoms with van der Waals surface area (Å²) in [4.78, 5) is 12.0. The van der Waals surface area contributed by atoms with Crippen molar-refractivity contribution < 1.29 is 14.6 Å². The maximum atomic E-state index is 12.0. The largest absolute Gasteiger partial charge is 0.497 e. The van der Waals surface area contributed by atoms with Gasteiger partial charge in [-0.15, -0.1) is 0 Å². The van der Waals surface area contributed by atoms with Gasteiger partial charge in [-0.1, -0.05) is 48.0 Å². The first-order chi connectivity index (χ1) is 15.4. The van der Waals surface area contributed by atoms with Crippen molar-refractivity contribution in [2.75, 3.05) is 12.4 Å². The summed E-state index contributed by atoms with van der Waals surface area (Å²) < 4.78 is 7.00. The highest BCUT2D eigenvalue weighted by Gasteiger charge is 2.22. The van der Waals surface area contributed by atoms with E-state index in [1.807, 2.05) is 62.4 Å². The topological polar surface area (TPSA) is 76.4 Å². The second-order valence-corrected chi connectivity index (χ2v) is 7.74. The molecule has 1 aromatic heterocycles. The van der Waals surface area contributed by atoms with Crippen molar-refractivity contribution in [3.05, 3.63) is 88.6 Å². The van der Waals surface area contributed by atoms with Crippen LogP contribution in [0.2, 0.25) is 5.02 Å². The van der Waals surface area contributed by atoms with Gasteiger partial charge < -0.3 is 15.2 Å². The summed E-state index contributed by atoms with van der Waals surface area (Å²) >= 11 is 6.54. The number of aromatic nitrogens is 2. The van der Waals surface area contributed by atoms with Gasteiger partial charge in [0.2, 0.25) is 0 Å². The summed E-state index contributed by atoms with van der Waals surface area (Å²) in [5, 5.41) is 18.5. The van der Waals surface area contributed by atoms with Crippen molar-refractivity contribution in [3.63, 3.8) is 0 Å². The highest BCUT2D eigenvalue weighted by Crippen LogP contribution is 2.39. The molecule has 0 aliphatic carbocycles. The first kappa shape index (κ1) is 21.5. The fourth-order valence-electron chi connectivity index (χ4n) is 3.67. The molecule has 4 aromatic rings. The van der Waals surface area contributed by atoms with Gasteiger partial charge in [-0.05, 0) is 49.7 Å². The minimum atomic E-state index is -1.07. The van der Waals surface area contributed by atoms with Crippen LogP contribution in [-0.4, -0.2) is 28.0 Å². The number of carboxylic acids is 1. The van der Waals surface area contributed by atoms with Crippen LogP contribution in [0.15, 0.2) is 66.7 Å². The molecule has 0 aliphatic heterocycles. The molecule has 6 nitrogen and oxygen atoms in total. The number of carboxylic acid groups (broad SMARTS) is 1. The Kier molecular flexibility index (Phi) is 5.88. The van der Waals surface area contributed by atoms with E-state index in [2.05, 4.69) is 5.32 Å². The number of hydrogen-bond donors (Lipinski definition) is 2. The third-order valence-corrected chi connectivity index (χ3v) is 5.59. The number of benzene rings is 3. The number of aryl methyl sites for hydroxylation is 2. The van der Waals surface area contributed by atoms with Crippen molar-refractivity contribution in [1.29, 1.82) is 0 Å². The van der Waals surface area contributed by atoms with E-state index in [1.165, 1.54) is 13.2 Å². The van der Waals surface area contributed by atoms with Crippen LogP contribution in [0.25, 0.3) is 16.8 Å². The molecule has 0 saturated carbocycles. The minimum Gasteiger partial charge on any atom is -0.497 e. The standard InChI is InChI=1S/C25H22ClN3O3/c1-15-8-4-7-11-22(15)29-24(23(16(2)28-29)18-9-5-6-10-20(18)26)27-21-13-12-17(32-3)14-19(21)25(30)31/h4-14,27H,1-3H3,(H,30,31). The monoisotopic (exact) mass is 447 g/mol. The van der Waals surface area contributed by atoms with Crippen molar-refractivity contribution >= 4 is 29.1 Å². The Morgan fingerprint density at radius 2 is 1.78 bits per heavy atom. The molecule has 0 atom stereocenters. The van der Waals surface area contributed by atoms with E-state index in [0.29, 0.717) is 22.3 Å². The lowest BCUT2D eigenvalue weighted by atomic mass is 10.0. The van der Waals surface area contributed by atoms with E-state index in [1.54, 1.807) is 16.8 Å². The number of nitrogens with one attached hydrogen (secondary N) is 1. The number of methoxy groups -OCH3 is 1. The molecule has 2 N–H and O–H groups in total. The van der Waals surface area contributed by atoms with Crippen LogP contribution in [0.5, 0.6) is 5.75 Å². The molecule has 0 aliphatic rings. The van der Waals surface area contributed by atoms with Crippen molar-refractivity contribution in [2.24, 2.45) is 0 Å². The Hall–Kier alpha value is -3.77. The van der Waals surface area contributed by atoms with Gasteiger partial charge in [0.25, 0.3) is 0 Å². The van der Waals surface area contributed by atoms with Gasteiger partial charge in [0, 0.05) is 16.1 Å². The van der Waals surface area contributed by atoms with Crippen LogP contribution in [0.3, 0.4) is 0 Å². The van der Waals surface area contributed by atoms with Crippen molar-refractivity contribution in [1.82, 2.24) is 9.78 Å². The molecular weight excluding hydrogens is 426 g/mol. The average molecular weight is 448 g/mol. The molecule has 3 aromatic carbocycles. The smallest absolute Gasteiger partial charge is 0.337 e. The first-order valence-corrected chi connectivity index (χ1v) is 10.4. The van der Waals surface area contributed by atoms with Crippen LogP contribution in [0.1, 0.15) is 21.6 Å². The quantitative estimate of drug-likeness (QED) is 0.365. The summed E-state index contributed by atoms with van der Waals surface area (Å²) in [7, 11) is 1.50. The summed E-state index contributed by atoms with van der Waals surface area (Å²) in [6.45, 7) is 3.91. The molecule has 162 valence electrons. The zero-order valence-corrected chi connectivity index (χ0v) is 18.6. The predicted molar refractivity (Wildman–Crippen MR) is 127 cm³/mol. The second-order valence-electron chi connectivity index (χ2n) is 7.33. The van der Waals surface area contributed by atoms with Gasteiger partial charge in [0.05, 0.1) is 29.7 Å². The average Bonchev–Trinajstić information content (AvgIpc) is 3.10. The molecule has 0 saturated heterocycles. The molecule has 0 bridgehead atoms. The number of halogens is 1. The molecule has 4 rings (SSSR count). The third kappa shape index (κ3) is 3.92. The number of carbonyl (C=O) groups is 1. The maximum Gasteiger partial charge on any atom is 0.337 e. The minimum absolute atomic E-state index is 0.0876. The number of anilines is 2. The molecule has 0 fully saturated rings. The number of rotatable bonds is 6. The summed E-state index contributed by atoms with van der Waals surface area (Å²) in [5.74, 6) is 0.0183. The molecule has 0 unspecified atom stereocenters. The van der Waals surface area contributed by atoms with Gasteiger partial charge in [0.15, 0.2) is 0 Å². The number of ether oxygens (including phenoxy) is 1. The highest BCUT2D eigenvalue weighted by atomic mass is 35.5. The lowest BCUT2D eigenvalue weighted by molar-refractivity contribution is 0.0697. The van der Waals surface area contributed by atoms with Gasteiger partial charge >= 0.3 is 5.97 Å². The molecular formula is C25H22ClN3O3. The number of hydrogen-bond acceptors (Lipinski definition) is 4. The summed E-state index contributed by atoms with van der Waals surface area (Å²) in [6, 6.07) is 20.3. The van der Waals surface area contributed by atoms with E-state index >= 15 is 0 Å². The Bertz CT molecular complexity index is 1310. The molecule has 0 spiro atoms. The van der Waals surface area contributed by atoms with E-state index in [4.69, 9.17) is 21.4 Å². The van der Waals surface area contributed by atoms with Crippen LogP contribution >= 0.6 is 11.6 Å². The van der Waals surface area contributed by atoms with E-state index in [9.17, 15) is 9.90 Å². The van der Waals surface area contributed by atoms with Crippen molar-refractivity contribution in [2.45, 2.75) is 13.8 Å². The fourth-order valence-corrected chi connectivity index (χ4v) is 3.90. The second kappa shape index (κ2) is 8.77. The molecule has 0 radical (unpaired) electrons. The Morgan fingerprint density at radius 3 is 2.47 bits per heavy atom. The first-order valence-electron chi connectivity index (χ1n) is 9.99. The third-order valence-electron chi connectivity index (χ3n) is 5.26. The zero-order chi connectivity index (χ0) is 22.8.